The Morgan fingerprint density at radius 3 is 1.30 bits per heavy atom. The zero-order valence-corrected chi connectivity index (χ0v) is 35.5. The number of nitrogens with zero attached hydrogens (tertiary/aromatic N) is 5. The average molecular weight is 790 g/mol. The van der Waals surface area contributed by atoms with E-state index in [0.29, 0.717) is 11.1 Å². The summed E-state index contributed by atoms with van der Waals surface area (Å²) >= 11 is 0. The topological polar surface area (TPSA) is 59.0 Å². The second-order valence-corrected chi connectivity index (χ2v) is 17.9. The van der Waals surface area contributed by atoms with Crippen molar-refractivity contribution in [1.29, 1.82) is 10.5 Å². The number of anilines is 6. The molecule has 0 saturated carbocycles. The zero-order valence-electron chi connectivity index (χ0n) is 35.5. The predicted molar refractivity (Wildman–Crippen MR) is 254 cm³/mol. The maximum Gasteiger partial charge on any atom is 0.0991 e. The second-order valence-electron chi connectivity index (χ2n) is 17.9. The molecule has 9 rings (SSSR count). The van der Waals surface area contributed by atoms with Crippen molar-refractivity contribution in [2.24, 2.45) is 0 Å². The molecular weight excluding hydrogens is 743 g/mol. The van der Waals surface area contributed by atoms with Crippen LogP contribution in [0.15, 0.2) is 176 Å². The van der Waals surface area contributed by atoms with E-state index in [0.717, 1.165) is 67.0 Å². The van der Waals surface area contributed by atoms with Gasteiger partial charge in [0.05, 0.1) is 34.3 Å². The number of para-hydroxylation sites is 1. The fourth-order valence-corrected chi connectivity index (χ4v) is 8.36. The maximum absolute atomic E-state index is 9.62. The molecular formula is C56H47N5. The number of benzene rings is 8. The summed E-state index contributed by atoms with van der Waals surface area (Å²) in [7, 11) is 0. The van der Waals surface area contributed by atoms with Gasteiger partial charge in [-0.15, -0.1) is 0 Å². The van der Waals surface area contributed by atoms with Gasteiger partial charge in [0, 0.05) is 50.6 Å². The number of nitriles is 2. The van der Waals surface area contributed by atoms with Gasteiger partial charge in [-0.1, -0.05) is 96.1 Å². The molecule has 0 spiro atoms. The lowest BCUT2D eigenvalue weighted by Crippen LogP contribution is -2.13. The molecule has 0 saturated heterocycles. The summed E-state index contributed by atoms with van der Waals surface area (Å²) in [5.74, 6) is 0. The van der Waals surface area contributed by atoms with E-state index in [9.17, 15) is 10.5 Å². The Kier molecular flexibility index (Phi) is 9.70. The number of aromatic nitrogens is 1. The molecule has 61 heavy (non-hydrogen) atoms. The van der Waals surface area contributed by atoms with E-state index in [1.165, 1.54) is 16.5 Å². The second kappa shape index (κ2) is 15.2. The van der Waals surface area contributed by atoms with Crippen LogP contribution in [0.25, 0.3) is 38.3 Å². The molecule has 0 amide bonds. The van der Waals surface area contributed by atoms with E-state index in [4.69, 9.17) is 0 Å². The Labute approximate surface area is 358 Å². The van der Waals surface area contributed by atoms with Crippen LogP contribution < -0.4 is 9.80 Å². The van der Waals surface area contributed by atoms with Gasteiger partial charge in [0.25, 0.3) is 0 Å². The molecule has 1 heterocycles. The fraction of sp³-hybridized carbons (Fsp3) is 0.143. The van der Waals surface area contributed by atoms with Gasteiger partial charge in [0.1, 0.15) is 0 Å². The summed E-state index contributed by atoms with van der Waals surface area (Å²) in [4.78, 5) is 4.54. The Morgan fingerprint density at radius 2 is 0.820 bits per heavy atom. The molecule has 0 aliphatic rings. The molecule has 0 fully saturated rings. The average Bonchev–Trinajstić information content (AvgIpc) is 3.58. The van der Waals surface area contributed by atoms with Crippen molar-refractivity contribution in [3.8, 4) is 17.8 Å². The standard InChI is InChI=1S/C56H47N5/c1-55(2,3)42-17-26-47(27-18-42)59(45-21-12-38(36-57)13-22-45)49-25-16-40-33-52-51-31-30-50(35-54(51)61(44-10-8-7-9-11-44)53(52)34-41(40)32-49)60(46-23-14-39(37-58)15-24-46)48-28-19-43(20-29-48)56(4,5)6/h7-35H,1-6H3. The van der Waals surface area contributed by atoms with Gasteiger partial charge < -0.3 is 14.4 Å². The van der Waals surface area contributed by atoms with Crippen molar-refractivity contribution in [2.45, 2.75) is 52.4 Å². The van der Waals surface area contributed by atoms with Crippen LogP contribution in [0.2, 0.25) is 0 Å². The van der Waals surface area contributed by atoms with E-state index >= 15 is 0 Å². The fourth-order valence-electron chi connectivity index (χ4n) is 8.36. The van der Waals surface area contributed by atoms with E-state index in [1.807, 2.05) is 48.5 Å². The van der Waals surface area contributed by atoms with Crippen LogP contribution in [0, 0.1) is 22.7 Å². The monoisotopic (exact) mass is 789 g/mol. The lowest BCUT2D eigenvalue weighted by Gasteiger charge is -2.27. The highest BCUT2D eigenvalue weighted by Crippen LogP contribution is 2.43. The molecule has 296 valence electrons. The third-order valence-corrected chi connectivity index (χ3v) is 11.7. The van der Waals surface area contributed by atoms with Crippen molar-refractivity contribution in [1.82, 2.24) is 4.57 Å². The largest absolute Gasteiger partial charge is 0.310 e. The molecule has 0 N–H and O–H groups in total. The third kappa shape index (κ3) is 7.37. The van der Waals surface area contributed by atoms with Gasteiger partial charge in [0.15, 0.2) is 0 Å². The zero-order chi connectivity index (χ0) is 42.5. The summed E-state index contributed by atoms with van der Waals surface area (Å²) in [6, 6.07) is 66.5. The van der Waals surface area contributed by atoms with Crippen molar-refractivity contribution in [3.63, 3.8) is 0 Å². The summed E-state index contributed by atoms with van der Waals surface area (Å²) in [6.07, 6.45) is 0. The highest BCUT2D eigenvalue weighted by molar-refractivity contribution is 6.14. The van der Waals surface area contributed by atoms with Crippen LogP contribution in [0.4, 0.5) is 34.1 Å². The Bertz CT molecular complexity index is 3130. The molecule has 5 heteroatoms. The van der Waals surface area contributed by atoms with Crippen LogP contribution in [0.5, 0.6) is 0 Å². The molecule has 9 aromatic rings. The van der Waals surface area contributed by atoms with Crippen molar-refractivity contribution in [2.75, 3.05) is 9.80 Å². The van der Waals surface area contributed by atoms with Gasteiger partial charge in [-0.3, -0.25) is 0 Å². The Balaban J connectivity index is 1.23. The van der Waals surface area contributed by atoms with Crippen LogP contribution in [0.3, 0.4) is 0 Å². The highest BCUT2D eigenvalue weighted by Gasteiger charge is 2.21. The van der Waals surface area contributed by atoms with Crippen molar-refractivity contribution >= 4 is 66.7 Å². The van der Waals surface area contributed by atoms with Crippen LogP contribution in [0.1, 0.15) is 63.8 Å². The van der Waals surface area contributed by atoms with E-state index in [2.05, 4.69) is 195 Å². The van der Waals surface area contributed by atoms with Crippen LogP contribution >= 0.6 is 0 Å². The molecule has 5 nitrogen and oxygen atoms in total. The van der Waals surface area contributed by atoms with Gasteiger partial charge in [-0.2, -0.15) is 10.5 Å². The summed E-state index contributed by atoms with van der Waals surface area (Å²) < 4.78 is 2.38. The van der Waals surface area contributed by atoms with Crippen molar-refractivity contribution in [3.05, 3.63) is 198 Å². The molecule has 0 bridgehead atoms. The number of hydrogen-bond acceptors (Lipinski definition) is 4. The molecule has 0 aliphatic heterocycles. The van der Waals surface area contributed by atoms with Crippen LogP contribution in [-0.2, 0) is 10.8 Å². The third-order valence-electron chi connectivity index (χ3n) is 11.7. The Hall–Kier alpha value is -7.60. The SMILES string of the molecule is CC(C)(C)c1ccc(N(c2ccc(C#N)cc2)c2ccc3cc4c5ccc(N(c6ccc(C#N)cc6)c6ccc(C(C)(C)C)cc6)cc5n(-c5ccccc5)c4cc3c2)cc1. The van der Waals surface area contributed by atoms with E-state index < -0.39 is 0 Å². The molecule has 0 aliphatic carbocycles. The first-order valence-corrected chi connectivity index (χ1v) is 20.8. The van der Waals surface area contributed by atoms with E-state index in [1.54, 1.807) is 0 Å². The first kappa shape index (κ1) is 38.9. The van der Waals surface area contributed by atoms with Gasteiger partial charge in [-0.25, -0.2) is 0 Å². The van der Waals surface area contributed by atoms with Crippen LogP contribution in [-0.4, -0.2) is 4.57 Å². The summed E-state index contributed by atoms with van der Waals surface area (Å²) in [6.45, 7) is 13.4. The quantitative estimate of drug-likeness (QED) is 0.161. The maximum atomic E-state index is 9.62. The molecule has 0 atom stereocenters. The molecule has 0 radical (unpaired) electrons. The molecule has 1 aromatic heterocycles. The lowest BCUT2D eigenvalue weighted by atomic mass is 9.87. The van der Waals surface area contributed by atoms with Crippen molar-refractivity contribution < 1.29 is 0 Å². The lowest BCUT2D eigenvalue weighted by molar-refractivity contribution is 0.590. The highest BCUT2D eigenvalue weighted by atomic mass is 15.1. The minimum absolute atomic E-state index is 0.0251. The van der Waals surface area contributed by atoms with Gasteiger partial charge in [0.2, 0.25) is 0 Å². The molecule has 8 aromatic carbocycles. The Morgan fingerprint density at radius 1 is 0.393 bits per heavy atom. The van der Waals surface area contributed by atoms with Gasteiger partial charge >= 0.3 is 0 Å². The number of rotatable bonds is 7. The minimum atomic E-state index is 0.0251. The predicted octanol–water partition coefficient (Wildman–Crippen LogP) is 15.2. The minimum Gasteiger partial charge on any atom is -0.310 e. The first-order valence-electron chi connectivity index (χ1n) is 20.8. The molecule has 0 unspecified atom stereocenters. The number of fused-ring (bicyclic) bond motifs is 4. The van der Waals surface area contributed by atoms with Gasteiger partial charge in [-0.05, 0) is 154 Å². The number of hydrogen-bond donors (Lipinski definition) is 0. The van der Waals surface area contributed by atoms with E-state index in [-0.39, 0.29) is 10.8 Å². The normalized spacial score (nSPS) is 11.7. The first-order chi connectivity index (χ1) is 29.4. The smallest absolute Gasteiger partial charge is 0.0991 e. The summed E-state index contributed by atoms with van der Waals surface area (Å²) in [5.41, 5.74) is 13.2. The summed E-state index contributed by atoms with van der Waals surface area (Å²) in [5, 5.41) is 23.8.